The number of nitrogens with two attached hydrogens (primary N) is 1. The number of likely N-dealkylation sites (tertiary alicyclic amines) is 2. The van der Waals surface area contributed by atoms with Crippen LogP contribution in [0.3, 0.4) is 0 Å². The average molecular weight is 620 g/mol. The van der Waals surface area contributed by atoms with Gasteiger partial charge in [-0.3, -0.25) is 0 Å². The lowest BCUT2D eigenvalue weighted by Crippen LogP contribution is -2.46. The van der Waals surface area contributed by atoms with Gasteiger partial charge in [-0.1, -0.05) is 37.8 Å². The van der Waals surface area contributed by atoms with Gasteiger partial charge < -0.3 is 30.3 Å². The van der Waals surface area contributed by atoms with Crippen molar-refractivity contribution in [2.75, 3.05) is 72.7 Å². The van der Waals surface area contributed by atoms with E-state index in [-0.39, 0.29) is 24.8 Å². The van der Waals surface area contributed by atoms with Crippen molar-refractivity contribution >= 4 is 24.8 Å². The van der Waals surface area contributed by atoms with Crippen LogP contribution >= 0.6 is 24.8 Å². The molecule has 2 saturated heterocycles. The highest BCUT2D eigenvalue weighted by atomic mass is 35.5. The smallest absolute Gasteiger partial charge is 0.0644 e. The van der Waals surface area contributed by atoms with Crippen LogP contribution in [0.15, 0.2) is 25.3 Å². The Labute approximate surface area is 265 Å². The fourth-order valence-corrected chi connectivity index (χ4v) is 7.47. The van der Waals surface area contributed by atoms with E-state index in [1.807, 2.05) is 12.2 Å². The molecule has 41 heavy (non-hydrogen) atoms. The van der Waals surface area contributed by atoms with Crippen LogP contribution in [0.5, 0.6) is 0 Å². The molecule has 6 nitrogen and oxygen atoms in total. The second-order valence-corrected chi connectivity index (χ2v) is 12.8. The van der Waals surface area contributed by atoms with Gasteiger partial charge in [-0.25, -0.2) is 0 Å². The van der Waals surface area contributed by atoms with Gasteiger partial charge in [0.1, 0.15) is 0 Å². The van der Waals surface area contributed by atoms with Crippen molar-refractivity contribution < 1.29 is 9.47 Å². The molecule has 4 aliphatic rings. The van der Waals surface area contributed by atoms with Crippen molar-refractivity contribution in [3.05, 3.63) is 25.3 Å². The maximum absolute atomic E-state index is 6.27. The van der Waals surface area contributed by atoms with E-state index < -0.39 is 0 Å². The number of halogens is 2. The van der Waals surface area contributed by atoms with Gasteiger partial charge in [0.2, 0.25) is 0 Å². The number of ether oxygens (including phenoxy) is 2. The molecule has 0 aromatic rings. The Kier molecular flexibility index (Phi) is 22.0. The van der Waals surface area contributed by atoms with Crippen LogP contribution in [-0.2, 0) is 9.47 Å². The van der Waals surface area contributed by atoms with Gasteiger partial charge in [-0.15, -0.1) is 38.0 Å². The van der Waals surface area contributed by atoms with Gasteiger partial charge >= 0.3 is 0 Å². The van der Waals surface area contributed by atoms with Crippen LogP contribution < -0.4 is 11.1 Å². The average Bonchev–Trinajstić information content (AvgIpc) is 2.96. The number of rotatable bonds is 13. The van der Waals surface area contributed by atoms with Gasteiger partial charge in [0.25, 0.3) is 0 Å². The van der Waals surface area contributed by atoms with Gasteiger partial charge in [0.15, 0.2) is 0 Å². The Morgan fingerprint density at radius 2 is 1.20 bits per heavy atom. The molecule has 4 unspecified atom stereocenters. The van der Waals surface area contributed by atoms with E-state index in [0.29, 0.717) is 25.2 Å². The first-order valence-electron chi connectivity index (χ1n) is 16.4. The van der Waals surface area contributed by atoms with Crippen LogP contribution in [0.1, 0.15) is 77.0 Å². The summed E-state index contributed by atoms with van der Waals surface area (Å²) in [6.07, 6.45) is 19.8. The second kappa shape index (κ2) is 23.2. The highest BCUT2D eigenvalue weighted by Crippen LogP contribution is 2.28. The monoisotopic (exact) mass is 618 g/mol. The lowest BCUT2D eigenvalue weighted by atomic mass is 9.83. The van der Waals surface area contributed by atoms with Crippen LogP contribution in [-0.4, -0.2) is 94.6 Å². The van der Waals surface area contributed by atoms with Crippen LogP contribution in [0.4, 0.5) is 0 Å². The van der Waals surface area contributed by atoms with Gasteiger partial charge in [0.05, 0.1) is 26.4 Å². The van der Waals surface area contributed by atoms with Crippen molar-refractivity contribution in [3.8, 4) is 0 Å². The standard InChI is InChI=1S/C17H32N2O.C16H30N2O.2ClH/c1-3-11-20-14-15-7-6-10-19(12-15)13-16-8-4-5-9-17(16)18-2;1-2-10-19-13-14-6-5-9-18(11-14)12-15-7-3-4-8-16(15)17;;/h3,15-18H,1,4-14H2,2H3;2,14-16H,1,3-13,17H2;2*1H/t15-,16?,17?;14-,15?,16?;;/m00../s1. The number of nitrogens with one attached hydrogen (secondary N) is 1. The quantitative estimate of drug-likeness (QED) is 0.197. The molecule has 2 aliphatic carbocycles. The summed E-state index contributed by atoms with van der Waals surface area (Å²) in [7, 11) is 2.13. The molecule has 0 spiro atoms. The highest BCUT2D eigenvalue weighted by Gasteiger charge is 2.29. The lowest BCUT2D eigenvalue weighted by Gasteiger charge is -2.39. The first kappa shape index (κ1) is 38.8. The third-order valence-corrected chi connectivity index (χ3v) is 9.62. The molecule has 2 saturated carbocycles. The molecule has 3 N–H and O–H groups in total. The summed E-state index contributed by atoms with van der Waals surface area (Å²) >= 11 is 0. The van der Waals surface area contributed by atoms with Gasteiger partial charge in [-0.05, 0) is 95.2 Å². The predicted molar refractivity (Wildman–Crippen MR) is 180 cm³/mol. The second-order valence-electron chi connectivity index (χ2n) is 12.8. The van der Waals surface area contributed by atoms with E-state index in [4.69, 9.17) is 15.2 Å². The van der Waals surface area contributed by atoms with Crippen molar-refractivity contribution in [2.45, 2.75) is 89.1 Å². The zero-order valence-corrected chi connectivity index (χ0v) is 27.8. The summed E-state index contributed by atoms with van der Waals surface area (Å²) in [4.78, 5) is 5.31. The number of hydrogen-bond acceptors (Lipinski definition) is 6. The molecule has 2 heterocycles. The fourth-order valence-electron chi connectivity index (χ4n) is 7.47. The van der Waals surface area contributed by atoms with Gasteiger partial charge in [0, 0.05) is 38.3 Å². The summed E-state index contributed by atoms with van der Waals surface area (Å²) in [6.45, 7) is 18.0. The summed E-state index contributed by atoms with van der Waals surface area (Å²) in [5.41, 5.74) is 6.27. The van der Waals surface area contributed by atoms with E-state index in [1.54, 1.807) is 0 Å². The minimum absolute atomic E-state index is 0. The number of nitrogens with zero attached hydrogens (tertiary/aromatic N) is 2. The molecule has 242 valence electrons. The topological polar surface area (TPSA) is 63.0 Å². The van der Waals surface area contributed by atoms with E-state index >= 15 is 0 Å². The predicted octanol–water partition coefficient (Wildman–Crippen LogP) is 5.94. The molecule has 0 aromatic carbocycles. The fraction of sp³-hybridized carbons (Fsp3) is 0.879. The van der Waals surface area contributed by atoms with Crippen molar-refractivity contribution in [2.24, 2.45) is 29.4 Å². The SMILES string of the molecule is C=CCOC[C@H]1CCCN(CC2CCCCC2N)C1.C=CCOC[C@H]1CCCN(CC2CCCCC2NC)C1.Cl.Cl. The molecule has 2 aliphatic heterocycles. The number of piperidine rings is 2. The minimum Gasteiger partial charge on any atom is -0.377 e. The summed E-state index contributed by atoms with van der Waals surface area (Å²) in [5.74, 6) is 3.00. The van der Waals surface area contributed by atoms with Crippen LogP contribution in [0.25, 0.3) is 0 Å². The molecule has 0 bridgehead atoms. The molecule has 8 heteroatoms. The maximum Gasteiger partial charge on any atom is 0.0644 e. The van der Waals surface area contributed by atoms with Crippen molar-refractivity contribution in [1.29, 1.82) is 0 Å². The summed E-state index contributed by atoms with van der Waals surface area (Å²) < 4.78 is 11.3. The lowest BCUT2D eigenvalue weighted by molar-refractivity contribution is 0.0617. The normalized spacial score (nSPS) is 31.1. The zero-order valence-electron chi connectivity index (χ0n) is 26.2. The largest absolute Gasteiger partial charge is 0.377 e. The van der Waals surface area contributed by atoms with E-state index in [9.17, 15) is 0 Å². The molecule has 6 atom stereocenters. The Bertz CT molecular complexity index is 673. The first-order chi connectivity index (χ1) is 19.1. The Hall–Kier alpha value is -0.180. The third kappa shape index (κ3) is 14.9. The van der Waals surface area contributed by atoms with Crippen LogP contribution in [0, 0.1) is 23.7 Å². The molecular formula is C33H64Cl2N4O2. The van der Waals surface area contributed by atoms with E-state index in [2.05, 4.69) is 35.3 Å². The third-order valence-electron chi connectivity index (χ3n) is 9.62. The molecule has 4 rings (SSSR count). The molecule has 0 amide bonds. The van der Waals surface area contributed by atoms with E-state index in [0.717, 1.165) is 37.0 Å². The maximum atomic E-state index is 6.27. The summed E-state index contributed by atoms with van der Waals surface area (Å²) in [6, 6.07) is 1.17. The molecule has 0 radical (unpaired) electrons. The number of hydrogen-bond donors (Lipinski definition) is 2. The van der Waals surface area contributed by atoms with Gasteiger partial charge in [-0.2, -0.15) is 0 Å². The van der Waals surface area contributed by atoms with Crippen molar-refractivity contribution in [1.82, 2.24) is 15.1 Å². The summed E-state index contributed by atoms with van der Waals surface area (Å²) in [5, 5.41) is 3.53. The Balaban J connectivity index is 0.000000391. The molecule has 4 fully saturated rings. The minimum atomic E-state index is 0. The van der Waals surface area contributed by atoms with Crippen molar-refractivity contribution in [3.63, 3.8) is 0 Å². The van der Waals surface area contributed by atoms with E-state index in [1.165, 1.54) is 116 Å². The molecule has 0 aromatic heterocycles. The zero-order chi connectivity index (χ0) is 27.7. The Morgan fingerprint density at radius 3 is 1.71 bits per heavy atom. The molecular weight excluding hydrogens is 555 g/mol. The Morgan fingerprint density at radius 1 is 0.707 bits per heavy atom. The first-order valence-corrected chi connectivity index (χ1v) is 16.4. The highest BCUT2D eigenvalue weighted by molar-refractivity contribution is 5.85. The van der Waals surface area contributed by atoms with Crippen LogP contribution in [0.2, 0.25) is 0 Å².